The monoisotopic (exact) mass is 762 g/mol. The number of anilines is 3. The van der Waals surface area contributed by atoms with E-state index >= 15 is 0 Å². The number of benzene rings is 8. The first-order chi connectivity index (χ1) is 28.7. The molecule has 0 bridgehead atoms. The van der Waals surface area contributed by atoms with Gasteiger partial charge in [0.1, 0.15) is 0 Å². The van der Waals surface area contributed by atoms with Crippen molar-refractivity contribution in [3.63, 3.8) is 0 Å². The smallest absolute Gasteiger partial charge is 0.0541 e. The maximum Gasteiger partial charge on any atom is 0.0541 e. The van der Waals surface area contributed by atoms with E-state index in [0.29, 0.717) is 0 Å². The summed E-state index contributed by atoms with van der Waals surface area (Å²) in [5, 5.41) is 5.12. The van der Waals surface area contributed by atoms with Gasteiger partial charge >= 0.3 is 0 Å². The molecule has 0 aliphatic carbocycles. The predicted octanol–water partition coefficient (Wildman–Crippen LogP) is 16.3. The summed E-state index contributed by atoms with van der Waals surface area (Å²) in [4.78, 5) is 2.37. The molecule has 0 radical (unpaired) electrons. The number of nitrogens with zero attached hydrogens (tertiary/aromatic N) is 2. The molecule has 10 rings (SSSR count). The lowest BCUT2D eigenvalue weighted by molar-refractivity contribution is 1.19. The minimum atomic E-state index is 1.12. The van der Waals surface area contributed by atoms with Crippen molar-refractivity contribution in [1.82, 2.24) is 4.57 Å². The van der Waals surface area contributed by atoms with Crippen LogP contribution in [0.1, 0.15) is 6.92 Å². The van der Waals surface area contributed by atoms with Gasteiger partial charge in [0.25, 0.3) is 0 Å². The van der Waals surface area contributed by atoms with Gasteiger partial charge in [-0.05, 0) is 95.9 Å². The van der Waals surface area contributed by atoms with E-state index in [1.165, 1.54) is 69.9 Å². The van der Waals surface area contributed by atoms with E-state index < -0.39 is 0 Å². The molecule has 10 aromatic rings. The summed E-state index contributed by atoms with van der Waals surface area (Å²) < 4.78 is 4.97. The zero-order valence-electron chi connectivity index (χ0n) is 32.4. The van der Waals surface area contributed by atoms with Crippen molar-refractivity contribution < 1.29 is 0 Å². The number of allylic oxidation sites excluding steroid dienone is 5. The van der Waals surface area contributed by atoms with Gasteiger partial charge < -0.3 is 9.47 Å². The molecule has 3 heteroatoms. The van der Waals surface area contributed by atoms with E-state index in [2.05, 4.69) is 210 Å². The highest BCUT2D eigenvalue weighted by atomic mass is 32.1. The second kappa shape index (κ2) is 16.5. The summed E-state index contributed by atoms with van der Waals surface area (Å²) in [5.74, 6) is 0. The molecule has 0 spiro atoms. The van der Waals surface area contributed by atoms with E-state index in [-0.39, 0.29) is 0 Å². The topological polar surface area (TPSA) is 8.17 Å². The second-order valence-corrected chi connectivity index (χ2v) is 15.2. The van der Waals surface area contributed by atoms with E-state index in [9.17, 15) is 0 Å². The Morgan fingerprint density at radius 2 is 0.948 bits per heavy atom. The number of hydrogen-bond acceptors (Lipinski definition) is 2. The molecule has 0 unspecified atom stereocenters. The van der Waals surface area contributed by atoms with Gasteiger partial charge in [-0.15, -0.1) is 11.3 Å². The maximum absolute atomic E-state index is 3.51. The van der Waals surface area contributed by atoms with Gasteiger partial charge in [0.15, 0.2) is 0 Å². The lowest BCUT2D eigenvalue weighted by Gasteiger charge is -2.26. The molecule has 0 fully saturated rings. The van der Waals surface area contributed by atoms with Gasteiger partial charge in [-0.2, -0.15) is 0 Å². The van der Waals surface area contributed by atoms with Crippen molar-refractivity contribution in [3.8, 4) is 27.9 Å². The molecule has 2 heterocycles. The highest BCUT2D eigenvalue weighted by Gasteiger charge is 2.17. The Kier molecular flexibility index (Phi) is 10.4. The van der Waals surface area contributed by atoms with Crippen molar-refractivity contribution in [2.75, 3.05) is 4.90 Å². The quantitative estimate of drug-likeness (QED) is 0.140. The van der Waals surface area contributed by atoms with Crippen LogP contribution in [0, 0.1) is 0 Å². The van der Waals surface area contributed by atoms with Crippen LogP contribution in [-0.2, 0) is 0 Å². The molecular weight excluding hydrogens is 721 g/mol. The van der Waals surface area contributed by atoms with Crippen molar-refractivity contribution in [3.05, 3.63) is 231 Å². The molecule has 0 N–H and O–H groups in total. The summed E-state index contributed by atoms with van der Waals surface area (Å²) >= 11 is 1.86. The van der Waals surface area contributed by atoms with Crippen LogP contribution in [0.2, 0.25) is 0 Å². The number of fused-ring (bicyclic) bond motifs is 6. The fourth-order valence-electron chi connectivity index (χ4n) is 7.80. The Hall–Kier alpha value is -7.20. The van der Waals surface area contributed by atoms with E-state index in [4.69, 9.17) is 0 Å². The molecule has 2 nitrogen and oxygen atoms in total. The van der Waals surface area contributed by atoms with Crippen molar-refractivity contribution in [1.29, 1.82) is 0 Å². The summed E-state index contributed by atoms with van der Waals surface area (Å²) in [7, 11) is 0. The van der Waals surface area contributed by atoms with Gasteiger partial charge in [0, 0.05) is 53.7 Å². The van der Waals surface area contributed by atoms with Gasteiger partial charge in [0.05, 0.1) is 11.0 Å². The van der Waals surface area contributed by atoms with Crippen LogP contribution in [0.5, 0.6) is 0 Å². The first-order valence-electron chi connectivity index (χ1n) is 19.7. The largest absolute Gasteiger partial charge is 0.310 e. The van der Waals surface area contributed by atoms with Crippen LogP contribution in [0.3, 0.4) is 0 Å². The Morgan fingerprint density at radius 1 is 0.431 bits per heavy atom. The summed E-state index contributed by atoms with van der Waals surface area (Å²) in [6, 6.07) is 70.3. The molecule has 2 aromatic heterocycles. The third-order valence-corrected chi connectivity index (χ3v) is 11.7. The number of thiophene rings is 1. The van der Waals surface area contributed by atoms with Crippen LogP contribution in [0.15, 0.2) is 231 Å². The summed E-state index contributed by atoms with van der Waals surface area (Å²) in [6.45, 7) is 5.49. The average molecular weight is 763 g/mol. The fourth-order valence-corrected chi connectivity index (χ4v) is 8.92. The predicted molar refractivity (Wildman–Crippen MR) is 253 cm³/mol. The normalized spacial score (nSPS) is 11.5. The zero-order valence-corrected chi connectivity index (χ0v) is 33.2. The minimum Gasteiger partial charge on any atom is -0.310 e. The average Bonchev–Trinajstić information content (AvgIpc) is 3.83. The first kappa shape index (κ1) is 36.4. The number of rotatable bonds is 8. The van der Waals surface area contributed by atoms with E-state index in [0.717, 1.165) is 17.1 Å². The van der Waals surface area contributed by atoms with Crippen LogP contribution >= 0.6 is 11.3 Å². The first-order valence-corrected chi connectivity index (χ1v) is 20.5. The molecule has 0 aliphatic rings. The SMILES string of the molecule is C=C/C=C\C=C/C.c1ccc(-c2ccc(N(c3ccc(-c4ccccc4)cc3)c3ccc4c(c3)sc3ccc(-n5c6ccccc6c6ccccc65)cc34)cc2)cc1. The van der Waals surface area contributed by atoms with Crippen molar-refractivity contribution in [2.24, 2.45) is 0 Å². The molecule has 0 saturated heterocycles. The number of aromatic nitrogens is 1. The Morgan fingerprint density at radius 3 is 1.50 bits per heavy atom. The lowest BCUT2D eigenvalue weighted by atomic mass is 10.0. The van der Waals surface area contributed by atoms with Crippen LogP contribution in [0.4, 0.5) is 17.1 Å². The highest BCUT2D eigenvalue weighted by molar-refractivity contribution is 7.25. The molecular formula is C55H42N2S. The molecule has 0 saturated carbocycles. The molecule has 0 atom stereocenters. The van der Waals surface area contributed by atoms with Gasteiger partial charge in [-0.25, -0.2) is 0 Å². The fraction of sp³-hybridized carbons (Fsp3) is 0.0182. The zero-order chi connectivity index (χ0) is 39.3. The Labute approximate surface area is 344 Å². The molecule has 0 aliphatic heterocycles. The second-order valence-electron chi connectivity index (χ2n) is 14.1. The molecule has 0 amide bonds. The van der Waals surface area contributed by atoms with E-state index in [1.807, 2.05) is 42.6 Å². The third kappa shape index (κ3) is 7.16. The number of hydrogen-bond donors (Lipinski definition) is 0. The van der Waals surface area contributed by atoms with Gasteiger partial charge in [0.2, 0.25) is 0 Å². The van der Waals surface area contributed by atoms with Crippen molar-refractivity contribution in [2.45, 2.75) is 6.92 Å². The maximum atomic E-state index is 3.51. The highest BCUT2D eigenvalue weighted by Crippen LogP contribution is 2.42. The summed E-state index contributed by atoms with van der Waals surface area (Å²) in [5.41, 5.74) is 11.9. The van der Waals surface area contributed by atoms with Gasteiger partial charge in [-0.1, -0.05) is 164 Å². The van der Waals surface area contributed by atoms with Crippen LogP contribution in [-0.4, -0.2) is 4.57 Å². The Bertz CT molecular complexity index is 2920. The summed E-state index contributed by atoms with van der Waals surface area (Å²) in [6.07, 6.45) is 9.51. The molecule has 58 heavy (non-hydrogen) atoms. The standard InChI is InChI=1S/C48H32N2S.C7H10/c1-3-11-33(12-4-1)35-19-23-37(24-20-35)49(38-25-21-36(22-26-38)34-13-5-2-6-14-34)40-27-29-43-44-31-39(28-30-47(44)51-48(43)32-40)50-45-17-9-7-15-41(45)42-16-8-10-18-46(42)50;1-3-5-7-6-4-2/h1-32H;3-7H,1H2,2H3/b;6-4-,7-5-. The lowest BCUT2D eigenvalue weighted by Crippen LogP contribution is -2.09. The minimum absolute atomic E-state index is 1.12. The van der Waals surface area contributed by atoms with Gasteiger partial charge in [-0.3, -0.25) is 0 Å². The van der Waals surface area contributed by atoms with Crippen LogP contribution < -0.4 is 4.90 Å². The Balaban J connectivity index is 0.000000573. The van der Waals surface area contributed by atoms with Crippen molar-refractivity contribution >= 4 is 70.4 Å². The molecule has 8 aromatic carbocycles. The number of para-hydroxylation sites is 2. The van der Waals surface area contributed by atoms with Crippen LogP contribution in [0.25, 0.3) is 69.9 Å². The molecule has 278 valence electrons. The third-order valence-electron chi connectivity index (χ3n) is 10.6. The van der Waals surface area contributed by atoms with E-state index in [1.54, 1.807) is 6.08 Å².